The van der Waals surface area contributed by atoms with Crippen LogP contribution in [-0.2, 0) is 4.79 Å². The SMILES string of the molecule is COc1ccc(C(=O)c2oc3ccccc3c2NC(=O)/C=C/c2ccccc2Cl)cc1. The number of halogens is 1. The summed E-state index contributed by atoms with van der Waals surface area (Å²) >= 11 is 6.13. The molecule has 0 saturated heterocycles. The average molecular weight is 432 g/mol. The third-order valence-corrected chi connectivity index (χ3v) is 5.07. The van der Waals surface area contributed by atoms with Crippen LogP contribution in [0.4, 0.5) is 5.69 Å². The molecule has 0 unspecified atom stereocenters. The summed E-state index contributed by atoms with van der Waals surface area (Å²) in [6.07, 6.45) is 2.98. The van der Waals surface area contributed by atoms with Crippen molar-refractivity contribution in [3.05, 3.63) is 101 Å². The van der Waals surface area contributed by atoms with Gasteiger partial charge in [0.25, 0.3) is 0 Å². The Morgan fingerprint density at radius 1 is 0.968 bits per heavy atom. The highest BCUT2D eigenvalue weighted by Gasteiger charge is 2.23. The number of furan rings is 1. The predicted molar refractivity (Wildman–Crippen MR) is 122 cm³/mol. The van der Waals surface area contributed by atoms with Gasteiger partial charge in [-0.3, -0.25) is 9.59 Å². The summed E-state index contributed by atoms with van der Waals surface area (Å²) in [7, 11) is 1.56. The van der Waals surface area contributed by atoms with Crippen molar-refractivity contribution < 1.29 is 18.7 Å². The van der Waals surface area contributed by atoms with Crippen LogP contribution in [0.3, 0.4) is 0 Å². The Morgan fingerprint density at radius 3 is 2.42 bits per heavy atom. The first-order valence-corrected chi connectivity index (χ1v) is 9.88. The molecule has 1 amide bonds. The van der Waals surface area contributed by atoms with E-state index in [1.165, 1.54) is 6.08 Å². The molecule has 0 aliphatic carbocycles. The topological polar surface area (TPSA) is 68.5 Å². The molecule has 1 aromatic heterocycles. The molecule has 0 atom stereocenters. The summed E-state index contributed by atoms with van der Waals surface area (Å²) < 4.78 is 11.0. The van der Waals surface area contributed by atoms with E-state index >= 15 is 0 Å². The van der Waals surface area contributed by atoms with E-state index in [0.717, 1.165) is 0 Å². The molecule has 0 saturated carbocycles. The fraction of sp³-hybridized carbons (Fsp3) is 0.0400. The van der Waals surface area contributed by atoms with Gasteiger partial charge in [-0.15, -0.1) is 0 Å². The van der Waals surface area contributed by atoms with Crippen LogP contribution in [0.2, 0.25) is 5.02 Å². The molecular weight excluding hydrogens is 414 g/mol. The monoisotopic (exact) mass is 431 g/mol. The number of hydrogen-bond donors (Lipinski definition) is 1. The number of anilines is 1. The Hall–Kier alpha value is -3.83. The maximum Gasteiger partial charge on any atom is 0.248 e. The molecule has 154 valence electrons. The quantitative estimate of drug-likeness (QED) is 0.301. The van der Waals surface area contributed by atoms with E-state index in [1.807, 2.05) is 18.2 Å². The van der Waals surface area contributed by atoms with Gasteiger partial charge in [-0.25, -0.2) is 0 Å². The molecule has 4 rings (SSSR count). The minimum atomic E-state index is -0.407. The van der Waals surface area contributed by atoms with Crippen LogP contribution < -0.4 is 10.1 Å². The van der Waals surface area contributed by atoms with E-state index in [1.54, 1.807) is 67.8 Å². The number of rotatable bonds is 6. The van der Waals surface area contributed by atoms with Gasteiger partial charge < -0.3 is 14.5 Å². The summed E-state index contributed by atoms with van der Waals surface area (Å²) in [5.41, 5.74) is 1.96. The van der Waals surface area contributed by atoms with Crippen LogP contribution in [0.15, 0.2) is 83.3 Å². The van der Waals surface area contributed by atoms with Gasteiger partial charge in [0.15, 0.2) is 5.76 Å². The van der Waals surface area contributed by atoms with Gasteiger partial charge in [-0.2, -0.15) is 0 Å². The third-order valence-electron chi connectivity index (χ3n) is 4.72. The number of methoxy groups -OCH3 is 1. The molecule has 1 heterocycles. The van der Waals surface area contributed by atoms with Gasteiger partial charge in [0.1, 0.15) is 11.3 Å². The summed E-state index contributed by atoms with van der Waals surface area (Å²) in [6, 6.07) is 21.0. The highest BCUT2D eigenvalue weighted by Crippen LogP contribution is 2.33. The first-order valence-electron chi connectivity index (χ1n) is 9.50. The van der Waals surface area contributed by atoms with Crippen LogP contribution in [0.1, 0.15) is 21.7 Å². The molecule has 0 aliphatic rings. The Kier molecular flexibility index (Phi) is 5.87. The highest BCUT2D eigenvalue weighted by atomic mass is 35.5. The van der Waals surface area contributed by atoms with Crippen molar-refractivity contribution in [1.29, 1.82) is 0 Å². The molecule has 0 spiro atoms. The number of carbonyl (C=O) groups is 2. The summed E-state index contributed by atoms with van der Waals surface area (Å²) in [6.45, 7) is 0. The molecule has 0 aliphatic heterocycles. The van der Waals surface area contributed by atoms with E-state index in [9.17, 15) is 9.59 Å². The van der Waals surface area contributed by atoms with E-state index < -0.39 is 5.91 Å². The maximum atomic E-state index is 13.1. The zero-order chi connectivity index (χ0) is 21.8. The van der Waals surface area contributed by atoms with Crippen molar-refractivity contribution in [1.82, 2.24) is 0 Å². The second kappa shape index (κ2) is 8.90. The van der Waals surface area contributed by atoms with Gasteiger partial charge in [-0.1, -0.05) is 41.9 Å². The largest absolute Gasteiger partial charge is 0.497 e. The molecule has 5 nitrogen and oxygen atoms in total. The third kappa shape index (κ3) is 4.37. The number of ether oxygens (including phenoxy) is 1. The lowest BCUT2D eigenvalue weighted by Crippen LogP contribution is -2.11. The second-order valence-corrected chi connectivity index (χ2v) is 7.11. The van der Waals surface area contributed by atoms with E-state index in [4.69, 9.17) is 20.8 Å². The molecule has 31 heavy (non-hydrogen) atoms. The van der Waals surface area contributed by atoms with Gasteiger partial charge in [0.2, 0.25) is 11.7 Å². The van der Waals surface area contributed by atoms with Crippen molar-refractivity contribution in [2.24, 2.45) is 0 Å². The van der Waals surface area contributed by atoms with Gasteiger partial charge in [0, 0.05) is 22.0 Å². The van der Waals surface area contributed by atoms with Crippen molar-refractivity contribution in [3.63, 3.8) is 0 Å². The summed E-state index contributed by atoms with van der Waals surface area (Å²) in [5.74, 6) is -0.0512. The number of amides is 1. The molecule has 4 aromatic rings. The Bertz CT molecular complexity index is 1290. The molecule has 0 fully saturated rings. The number of para-hydroxylation sites is 1. The molecule has 3 aromatic carbocycles. The molecule has 6 heteroatoms. The molecular formula is C25H18ClNO4. The van der Waals surface area contributed by atoms with E-state index in [0.29, 0.717) is 38.6 Å². The zero-order valence-electron chi connectivity index (χ0n) is 16.6. The number of fused-ring (bicyclic) bond motifs is 1. The molecule has 1 N–H and O–H groups in total. The van der Waals surface area contributed by atoms with Crippen LogP contribution in [0.5, 0.6) is 5.75 Å². The number of hydrogen-bond acceptors (Lipinski definition) is 4. The van der Waals surface area contributed by atoms with Crippen molar-refractivity contribution >= 4 is 46.0 Å². The van der Waals surface area contributed by atoms with E-state index in [2.05, 4.69) is 5.32 Å². The van der Waals surface area contributed by atoms with Crippen molar-refractivity contribution in [2.75, 3.05) is 12.4 Å². The summed E-state index contributed by atoms with van der Waals surface area (Å²) in [4.78, 5) is 25.7. The standard InChI is InChI=1S/C25H18ClNO4/c1-30-18-13-10-17(11-14-18)24(29)25-23(19-7-3-5-9-21(19)31-25)27-22(28)15-12-16-6-2-4-8-20(16)26/h2-15H,1H3,(H,27,28)/b15-12+. The van der Waals surface area contributed by atoms with Gasteiger partial charge >= 0.3 is 0 Å². The molecule has 0 radical (unpaired) electrons. The predicted octanol–water partition coefficient (Wildman–Crippen LogP) is 5.98. The van der Waals surface area contributed by atoms with Crippen molar-refractivity contribution in [3.8, 4) is 5.75 Å². The Balaban J connectivity index is 1.67. The van der Waals surface area contributed by atoms with Crippen LogP contribution in [-0.4, -0.2) is 18.8 Å². The number of ketones is 1. The first-order chi connectivity index (χ1) is 15.1. The minimum Gasteiger partial charge on any atom is -0.497 e. The lowest BCUT2D eigenvalue weighted by atomic mass is 10.1. The Morgan fingerprint density at radius 2 is 1.68 bits per heavy atom. The maximum absolute atomic E-state index is 13.1. The number of nitrogens with one attached hydrogen (secondary N) is 1. The fourth-order valence-corrected chi connectivity index (χ4v) is 3.34. The number of carbonyl (C=O) groups excluding carboxylic acids is 2. The lowest BCUT2D eigenvalue weighted by Gasteiger charge is -2.05. The smallest absolute Gasteiger partial charge is 0.248 e. The minimum absolute atomic E-state index is 0.0610. The Labute approximate surface area is 183 Å². The van der Waals surface area contributed by atoms with Crippen LogP contribution >= 0.6 is 11.6 Å². The summed E-state index contributed by atoms with van der Waals surface area (Å²) in [5, 5.41) is 3.96. The highest BCUT2D eigenvalue weighted by molar-refractivity contribution is 6.32. The average Bonchev–Trinajstić information content (AvgIpc) is 3.16. The zero-order valence-corrected chi connectivity index (χ0v) is 17.3. The van der Waals surface area contributed by atoms with Gasteiger partial charge in [0.05, 0.1) is 12.8 Å². The van der Waals surface area contributed by atoms with Crippen LogP contribution in [0, 0.1) is 0 Å². The van der Waals surface area contributed by atoms with Crippen LogP contribution in [0.25, 0.3) is 17.0 Å². The van der Waals surface area contributed by atoms with E-state index in [-0.39, 0.29) is 11.5 Å². The normalized spacial score (nSPS) is 11.0. The number of benzene rings is 3. The van der Waals surface area contributed by atoms with Gasteiger partial charge in [-0.05, 0) is 54.1 Å². The van der Waals surface area contributed by atoms with Crippen molar-refractivity contribution in [2.45, 2.75) is 0 Å². The lowest BCUT2D eigenvalue weighted by molar-refractivity contribution is -0.111. The fourth-order valence-electron chi connectivity index (χ4n) is 3.14. The second-order valence-electron chi connectivity index (χ2n) is 6.70. The molecule has 0 bridgehead atoms. The first kappa shape index (κ1) is 20.4.